The molecule has 0 unspecified atom stereocenters. The molecule has 0 spiro atoms. The van der Waals surface area contributed by atoms with Gasteiger partial charge < -0.3 is 4.42 Å². The van der Waals surface area contributed by atoms with Gasteiger partial charge in [0.2, 0.25) is 5.60 Å². The van der Waals surface area contributed by atoms with Crippen LogP contribution < -0.4 is 0 Å². The molecular weight excluding hydrogens is 112 g/mol. The third kappa shape index (κ3) is 1.54. The van der Waals surface area contributed by atoms with Gasteiger partial charge in [-0.1, -0.05) is 19.3 Å². The summed E-state index contributed by atoms with van der Waals surface area (Å²) in [5, 5.41) is 0. The van der Waals surface area contributed by atoms with E-state index in [1.165, 1.54) is 0 Å². The summed E-state index contributed by atoms with van der Waals surface area (Å²) in [5.74, 6) is 0. The van der Waals surface area contributed by atoms with E-state index >= 15 is 0 Å². The fraction of sp³-hybridized carbons (Fsp3) is 0.875. The molecule has 0 fully saturated rings. The zero-order chi connectivity index (χ0) is 7.12. The Morgan fingerprint density at radius 3 is 1.89 bits per heavy atom. The van der Waals surface area contributed by atoms with Crippen LogP contribution in [-0.4, -0.2) is 11.9 Å². The summed E-state index contributed by atoms with van der Waals surface area (Å²) in [6.45, 7) is 8.47. The molecule has 0 amide bonds. The van der Waals surface area contributed by atoms with Gasteiger partial charge in [-0.15, -0.1) is 0 Å². The van der Waals surface area contributed by atoms with Gasteiger partial charge in [0.1, 0.15) is 0 Å². The van der Waals surface area contributed by atoms with Crippen LogP contribution in [0, 0.1) is 5.41 Å². The number of rotatable bonds is 0. The number of hydrogen-bond donors (Lipinski definition) is 0. The molecule has 9 heavy (non-hydrogen) atoms. The molecule has 1 heteroatoms. The molecule has 0 aromatic heterocycles. The molecule has 1 heterocycles. The minimum absolute atomic E-state index is 0.0174. The lowest BCUT2D eigenvalue weighted by molar-refractivity contribution is -0.0463. The van der Waals surface area contributed by atoms with Crippen molar-refractivity contribution in [3.05, 3.63) is 0 Å². The molecule has 0 bridgehead atoms. The number of carbonyl (C=O) groups excluding carboxylic acids is 1. The third-order valence-corrected chi connectivity index (χ3v) is 1.47. The van der Waals surface area contributed by atoms with E-state index in [2.05, 4.69) is 34.0 Å². The Balaban J connectivity index is 2.71. The molecule has 1 rings (SSSR count). The minimum atomic E-state index is 0.0174. The first-order valence-corrected chi connectivity index (χ1v) is 3.37. The summed E-state index contributed by atoms with van der Waals surface area (Å²) in [4.78, 5) is 0. The molecule has 0 saturated heterocycles. The van der Waals surface area contributed by atoms with Gasteiger partial charge >= 0.3 is 0 Å². The van der Waals surface area contributed by atoms with Crippen molar-refractivity contribution in [3.8, 4) is 0 Å². The second-order valence-corrected chi connectivity index (χ2v) is 4.02. The molecule has 52 valence electrons. The molecule has 0 aromatic carbocycles. The van der Waals surface area contributed by atoms with Crippen LogP contribution in [0.1, 0.15) is 34.1 Å². The van der Waals surface area contributed by atoms with E-state index in [1.807, 2.05) is 0 Å². The van der Waals surface area contributed by atoms with E-state index in [0.29, 0.717) is 0 Å². The van der Waals surface area contributed by atoms with Crippen LogP contribution in [0.5, 0.6) is 0 Å². The molecule has 0 atom stereocenters. The molecule has 1 nitrogen and oxygen atoms in total. The van der Waals surface area contributed by atoms with Gasteiger partial charge in [0.25, 0.3) is 0 Å². The lowest BCUT2D eigenvalue weighted by atomic mass is 9.86. The van der Waals surface area contributed by atoms with E-state index in [9.17, 15) is 0 Å². The minimum Gasteiger partial charge on any atom is -0.452 e. The van der Waals surface area contributed by atoms with Crippen molar-refractivity contribution in [1.82, 2.24) is 0 Å². The average molecular weight is 126 g/mol. The summed E-state index contributed by atoms with van der Waals surface area (Å²) in [5.41, 5.74) is 0.174. The Hall–Kier alpha value is -0.330. The normalized spacial score (nSPS) is 28.9. The van der Waals surface area contributed by atoms with Crippen LogP contribution >= 0.6 is 0 Å². The van der Waals surface area contributed by atoms with Crippen molar-refractivity contribution >= 4 is 6.29 Å². The van der Waals surface area contributed by atoms with Gasteiger partial charge in [0.05, 0.1) is 0 Å². The summed E-state index contributed by atoms with van der Waals surface area (Å²) in [6.07, 6.45) is 4.06. The Labute approximate surface area is 56.8 Å². The lowest BCUT2D eigenvalue weighted by Crippen LogP contribution is -2.19. The van der Waals surface area contributed by atoms with Gasteiger partial charge in [-0.05, 0) is 6.29 Å². The summed E-state index contributed by atoms with van der Waals surface area (Å²) in [7, 11) is 0. The maximum atomic E-state index is 5.31. The van der Waals surface area contributed by atoms with Crippen LogP contribution in [0.3, 0.4) is 0 Å². The Bertz CT molecular complexity index is 127. The Morgan fingerprint density at radius 1 is 1.22 bits per heavy atom. The van der Waals surface area contributed by atoms with E-state index in [-0.39, 0.29) is 11.0 Å². The summed E-state index contributed by atoms with van der Waals surface area (Å²) >= 11 is 0. The highest BCUT2D eigenvalue weighted by Gasteiger charge is 2.35. The molecular formula is C8H14O. The van der Waals surface area contributed by atoms with Gasteiger partial charge in [-0.3, -0.25) is 0 Å². The van der Waals surface area contributed by atoms with Crippen molar-refractivity contribution in [1.29, 1.82) is 0 Å². The van der Waals surface area contributed by atoms with Crippen LogP contribution in [-0.2, 0) is 4.42 Å². The fourth-order valence-electron chi connectivity index (χ4n) is 1.41. The second-order valence-electron chi connectivity index (χ2n) is 4.02. The van der Waals surface area contributed by atoms with E-state index < -0.39 is 0 Å². The topological polar surface area (TPSA) is 11.3 Å². The van der Waals surface area contributed by atoms with Crippen LogP contribution in [0.4, 0.5) is 0 Å². The van der Waals surface area contributed by atoms with Crippen molar-refractivity contribution in [2.24, 2.45) is 5.41 Å². The van der Waals surface area contributed by atoms with Gasteiger partial charge in [-0.25, -0.2) is 0 Å². The largest absolute Gasteiger partial charge is 0.452 e. The Morgan fingerprint density at radius 2 is 1.78 bits per heavy atom. The van der Waals surface area contributed by atoms with Crippen LogP contribution in [0.2, 0.25) is 0 Å². The van der Waals surface area contributed by atoms with Crippen molar-refractivity contribution in [2.75, 3.05) is 0 Å². The summed E-state index contributed by atoms with van der Waals surface area (Å²) < 4.78 is 5.31. The maximum absolute atomic E-state index is 5.31. The van der Waals surface area contributed by atoms with Gasteiger partial charge in [0, 0.05) is 20.3 Å². The SMILES string of the molecule is CC1(C)[C-]=[O+]C(C)(C)C1. The van der Waals surface area contributed by atoms with Crippen LogP contribution in [0.15, 0.2) is 0 Å². The predicted octanol–water partition coefficient (Wildman–Crippen LogP) is 1.84. The highest BCUT2D eigenvalue weighted by atomic mass is 16.4. The van der Waals surface area contributed by atoms with E-state index in [0.717, 1.165) is 6.42 Å². The first kappa shape index (κ1) is 6.79. The fourth-order valence-corrected chi connectivity index (χ4v) is 1.41. The smallest absolute Gasteiger partial charge is 0.229 e. The highest BCUT2D eigenvalue weighted by molar-refractivity contribution is 5.61. The van der Waals surface area contributed by atoms with Crippen molar-refractivity contribution in [2.45, 2.75) is 39.7 Å². The third-order valence-electron chi connectivity index (χ3n) is 1.47. The quantitative estimate of drug-likeness (QED) is 0.346. The van der Waals surface area contributed by atoms with E-state index in [4.69, 9.17) is 4.42 Å². The molecule has 0 saturated carbocycles. The average Bonchev–Trinajstić information content (AvgIpc) is 1.78. The maximum Gasteiger partial charge on any atom is 0.229 e. The molecule has 0 aromatic rings. The molecule has 1 aliphatic heterocycles. The predicted molar refractivity (Wildman–Crippen MR) is 38.2 cm³/mol. The second kappa shape index (κ2) is 1.59. The monoisotopic (exact) mass is 126 g/mol. The zero-order valence-corrected chi connectivity index (χ0v) is 6.62. The van der Waals surface area contributed by atoms with E-state index in [1.54, 1.807) is 0 Å². The van der Waals surface area contributed by atoms with Crippen molar-refractivity contribution in [3.63, 3.8) is 0 Å². The summed E-state index contributed by atoms with van der Waals surface area (Å²) in [6, 6.07) is 0. The molecule has 0 radical (unpaired) electrons. The highest BCUT2D eigenvalue weighted by Crippen LogP contribution is 2.31. The lowest BCUT2D eigenvalue weighted by Gasteiger charge is -2.17. The van der Waals surface area contributed by atoms with Gasteiger partial charge in [-0.2, -0.15) is 0 Å². The molecule has 1 aliphatic rings. The molecule has 0 aliphatic carbocycles. The Kier molecular flexibility index (Phi) is 1.20. The first-order chi connectivity index (χ1) is 3.91. The van der Waals surface area contributed by atoms with Gasteiger partial charge in [0.15, 0.2) is 0 Å². The van der Waals surface area contributed by atoms with Crippen molar-refractivity contribution < 1.29 is 4.42 Å². The zero-order valence-electron chi connectivity index (χ0n) is 6.62. The standard InChI is InChI=1S/C8H14O/c1-7(2)5-8(3,4)9-6-7/h5H2,1-4H3. The number of hydrogen-bond acceptors (Lipinski definition) is 0. The first-order valence-electron chi connectivity index (χ1n) is 3.37. The molecule has 0 N–H and O–H groups in total. The van der Waals surface area contributed by atoms with Crippen LogP contribution in [0.25, 0.3) is 0 Å².